The molecule has 0 unspecified atom stereocenters. The molecule has 3 aromatic carbocycles. The molecule has 0 atom stereocenters. The number of benzene rings is 3. The number of H-pyrrole nitrogens is 1. The van der Waals surface area contributed by atoms with Gasteiger partial charge in [0.05, 0.1) is 0 Å². The molecule has 0 aliphatic carbocycles. The molecular weight excluding hydrogens is 419 g/mol. The van der Waals surface area contributed by atoms with Crippen LogP contribution in [0.2, 0.25) is 0 Å². The number of carbonyl (C=O) groups is 1. The number of carboxylic acids is 1. The molecular formula is C25H20F3NO3. The van der Waals surface area contributed by atoms with Gasteiger partial charge in [0, 0.05) is 22.7 Å². The monoisotopic (exact) mass is 439 g/mol. The molecule has 0 radical (unpaired) electrons. The van der Waals surface area contributed by atoms with E-state index in [1.165, 1.54) is 12.1 Å². The van der Waals surface area contributed by atoms with E-state index in [2.05, 4.69) is 4.98 Å². The minimum Gasteiger partial charge on any atom is -0.477 e. The van der Waals surface area contributed by atoms with Gasteiger partial charge >= 0.3 is 11.9 Å². The normalized spacial score (nSPS) is 11.7. The molecule has 0 amide bonds. The largest absolute Gasteiger partial charge is 0.477 e. The van der Waals surface area contributed by atoms with Gasteiger partial charge in [-0.2, -0.15) is 8.78 Å². The van der Waals surface area contributed by atoms with Crippen molar-refractivity contribution in [1.82, 2.24) is 4.98 Å². The van der Waals surface area contributed by atoms with E-state index >= 15 is 0 Å². The number of rotatable bonds is 6. The summed E-state index contributed by atoms with van der Waals surface area (Å²) >= 11 is 0. The predicted octanol–water partition coefficient (Wildman–Crippen LogP) is 6.48. The van der Waals surface area contributed by atoms with Gasteiger partial charge in [-0.15, -0.1) is 0 Å². The van der Waals surface area contributed by atoms with E-state index in [1.807, 2.05) is 18.3 Å². The molecule has 4 aromatic rings. The molecule has 2 N–H and O–H groups in total. The quantitative estimate of drug-likeness (QED) is 0.361. The van der Waals surface area contributed by atoms with Crippen LogP contribution in [0.25, 0.3) is 10.9 Å². The molecule has 7 heteroatoms. The summed E-state index contributed by atoms with van der Waals surface area (Å²) < 4.78 is 47.0. The van der Waals surface area contributed by atoms with Crippen molar-refractivity contribution in [3.05, 3.63) is 94.4 Å². The maximum atomic E-state index is 13.9. The Kier molecular flexibility index (Phi) is 5.42. The van der Waals surface area contributed by atoms with Crippen molar-refractivity contribution in [2.75, 3.05) is 0 Å². The number of hydrogen-bond donors (Lipinski definition) is 2. The Labute approximate surface area is 182 Å². The lowest BCUT2D eigenvalue weighted by Crippen LogP contribution is -2.25. The fourth-order valence-corrected chi connectivity index (χ4v) is 3.72. The summed E-state index contributed by atoms with van der Waals surface area (Å²) in [5, 5.41) is 9.73. The van der Waals surface area contributed by atoms with Crippen molar-refractivity contribution in [1.29, 1.82) is 0 Å². The summed E-state index contributed by atoms with van der Waals surface area (Å²) in [6.07, 6.45) is 2.48. The van der Waals surface area contributed by atoms with E-state index in [4.69, 9.17) is 9.84 Å². The highest BCUT2D eigenvalue weighted by molar-refractivity contribution is 5.85. The van der Waals surface area contributed by atoms with Crippen LogP contribution in [0.3, 0.4) is 0 Å². The average molecular weight is 439 g/mol. The number of nitrogens with one attached hydrogen (secondary N) is 1. The first-order valence-corrected chi connectivity index (χ1v) is 9.90. The Morgan fingerprint density at radius 3 is 2.31 bits per heavy atom. The molecule has 0 saturated heterocycles. The minimum atomic E-state index is -3.98. The van der Waals surface area contributed by atoms with Crippen molar-refractivity contribution in [3.8, 4) is 11.5 Å². The highest BCUT2D eigenvalue weighted by Gasteiger charge is 2.41. The Morgan fingerprint density at radius 1 is 1.03 bits per heavy atom. The summed E-state index contributed by atoms with van der Waals surface area (Å²) in [6, 6.07) is 14.0. The van der Waals surface area contributed by atoms with Crippen LogP contribution in [0.15, 0.2) is 60.8 Å². The average Bonchev–Trinajstić information content (AvgIpc) is 3.14. The molecule has 4 rings (SSSR count). The van der Waals surface area contributed by atoms with E-state index in [0.29, 0.717) is 29.0 Å². The van der Waals surface area contributed by atoms with Crippen LogP contribution >= 0.6 is 0 Å². The molecule has 0 saturated carbocycles. The molecule has 0 fully saturated rings. The maximum absolute atomic E-state index is 13.9. The van der Waals surface area contributed by atoms with E-state index in [1.54, 1.807) is 32.0 Å². The van der Waals surface area contributed by atoms with Crippen LogP contribution in [-0.2, 0) is 17.1 Å². The van der Waals surface area contributed by atoms with Crippen molar-refractivity contribution in [2.45, 2.75) is 26.2 Å². The second-order valence-corrected chi connectivity index (χ2v) is 7.75. The number of aromatic amines is 1. The Morgan fingerprint density at radius 2 is 1.69 bits per heavy atom. The Balaban J connectivity index is 1.65. The van der Waals surface area contributed by atoms with Crippen LogP contribution in [-0.4, -0.2) is 16.1 Å². The van der Waals surface area contributed by atoms with Gasteiger partial charge in [0.15, 0.2) is 0 Å². The summed E-state index contributed by atoms with van der Waals surface area (Å²) in [5.74, 6) is -5.56. The van der Waals surface area contributed by atoms with Gasteiger partial charge in [-0.05, 0) is 85.0 Å². The number of alkyl halides is 2. The van der Waals surface area contributed by atoms with Gasteiger partial charge < -0.3 is 14.8 Å². The van der Waals surface area contributed by atoms with Gasteiger partial charge in [-0.3, -0.25) is 0 Å². The third-order valence-electron chi connectivity index (χ3n) is 5.36. The highest BCUT2D eigenvalue weighted by Crippen LogP contribution is 2.37. The number of fused-ring (bicyclic) bond motifs is 1. The van der Waals surface area contributed by atoms with E-state index < -0.39 is 17.5 Å². The van der Waals surface area contributed by atoms with Crippen LogP contribution in [0.4, 0.5) is 13.2 Å². The summed E-state index contributed by atoms with van der Waals surface area (Å²) in [5.41, 5.74) is 3.08. The lowest BCUT2D eigenvalue weighted by Gasteiger charge is -2.17. The summed E-state index contributed by atoms with van der Waals surface area (Å²) in [7, 11) is 0. The topological polar surface area (TPSA) is 62.3 Å². The summed E-state index contributed by atoms with van der Waals surface area (Å²) in [6.45, 7) is 3.19. The smallest absolute Gasteiger partial charge is 0.379 e. The first-order valence-electron chi connectivity index (χ1n) is 9.90. The van der Waals surface area contributed by atoms with Crippen LogP contribution in [0.5, 0.6) is 11.5 Å². The second-order valence-electron chi connectivity index (χ2n) is 7.75. The minimum absolute atomic E-state index is 0.291. The Bertz CT molecular complexity index is 1290. The molecule has 1 aromatic heterocycles. The molecule has 164 valence electrons. The fraction of sp³-hybridized carbons (Fsp3) is 0.160. The maximum Gasteiger partial charge on any atom is 0.379 e. The van der Waals surface area contributed by atoms with Crippen molar-refractivity contribution in [3.63, 3.8) is 0 Å². The van der Waals surface area contributed by atoms with Gasteiger partial charge in [0.2, 0.25) is 0 Å². The van der Waals surface area contributed by atoms with Crippen molar-refractivity contribution >= 4 is 16.9 Å². The number of ether oxygens (including phenoxy) is 1. The molecule has 0 aliphatic heterocycles. The Hall–Kier alpha value is -3.74. The van der Waals surface area contributed by atoms with Crippen molar-refractivity contribution < 1.29 is 27.8 Å². The summed E-state index contributed by atoms with van der Waals surface area (Å²) in [4.78, 5) is 14.1. The number of aromatic nitrogens is 1. The second kappa shape index (κ2) is 8.07. The van der Waals surface area contributed by atoms with Crippen molar-refractivity contribution in [2.24, 2.45) is 0 Å². The SMILES string of the molecule is Cc1cc(C(F)(F)C(=O)O)cc(C)c1Oc1ccc2[nH]cc(Cc3ccc(F)cc3)c2c1. The number of aryl methyl sites for hydroxylation is 2. The van der Waals surface area contributed by atoms with E-state index in [9.17, 15) is 18.0 Å². The third kappa shape index (κ3) is 4.06. The molecule has 0 aliphatic rings. The van der Waals surface area contributed by atoms with Crippen LogP contribution < -0.4 is 4.74 Å². The van der Waals surface area contributed by atoms with Gasteiger partial charge in [0.25, 0.3) is 0 Å². The fourth-order valence-electron chi connectivity index (χ4n) is 3.72. The zero-order valence-corrected chi connectivity index (χ0v) is 17.4. The lowest BCUT2D eigenvalue weighted by atomic mass is 10.0. The first kappa shape index (κ1) is 21.5. The van der Waals surface area contributed by atoms with E-state index in [-0.39, 0.29) is 5.82 Å². The highest BCUT2D eigenvalue weighted by atomic mass is 19.3. The van der Waals surface area contributed by atoms with Gasteiger partial charge in [-0.1, -0.05) is 12.1 Å². The third-order valence-corrected chi connectivity index (χ3v) is 5.36. The predicted molar refractivity (Wildman–Crippen MR) is 115 cm³/mol. The van der Waals surface area contributed by atoms with Gasteiger partial charge in [-0.25, -0.2) is 9.18 Å². The standard InChI is InChI=1S/C25H20F3NO3/c1-14-9-18(25(27,28)24(30)31)10-15(2)23(14)32-20-7-8-22-21(12-20)17(13-29-22)11-16-3-5-19(26)6-4-16/h3-10,12-13,29H,11H2,1-2H3,(H,30,31). The first-order chi connectivity index (χ1) is 15.1. The van der Waals surface area contributed by atoms with Crippen LogP contribution in [0, 0.1) is 19.7 Å². The zero-order chi connectivity index (χ0) is 23.0. The number of carboxylic acid groups (broad SMARTS) is 1. The number of aliphatic carboxylic acids is 1. The zero-order valence-electron chi connectivity index (χ0n) is 17.4. The molecule has 0 bridgehead atoms. The molecule has 1 heterocycles. The number of halogens is 3. The van der Waals surface area contributed by atoms with Gasteiger partial charge in [0.1, 0.15) is 17.3 Å². The molecule has 4 nitrogen and oxygen atoms in total. The number of hydrogen-bond acceptors (Lipinski definition) is 2. The molecule has 32 heavy (non-hydrogen) atoms. The lowest BCUT2D eigenvalue weighted by molar-refractivity contribution is -0.166. The molecule has 0 spiro atoms. The van der Waals surface area contributed by atoms with E-state index in [0.717, 1.165) is 34.2 Å². The van der Waals surface area contributed by atoms with Crippen LogP contribution in [0.1, 0.15) is 27.8 Å².